The van der Waals surface area contributed by atoms with Gasteiger partial charge in [-0.3, -0.25) is 9.59 Å². The van der Waals surface area contributed by atoms with Crippen LogP contribution in [0.2, 0.25) is 5.02 Å². The number of carbonyl (C=O) groups excluding carboxylic acids is 2. The van der Waals surface area contributed by atoms with E-state index in [1.807, 2.05) is 12.1 Å². The van der Waals surface area contributed by atoms with Crippen LogP contribution in [0.1, 0.15) is 31.1 Å². The molecule has 0 unspecified atom stereocenters. The van der Waals surface area contributed by atoms with Crippen molar-refractivity contribution in [1.82, 2.24) is 10.3 Å². The second kappa shape index (κ2) is 10.4. The SMILES string of the molecule is COC(=O)CC(=O)N[C@@H](C)C=Cc1cnc(Oc2ccc(OCC3CC3)cc2Cl)s1. The van der Waals surface area contributed by atoms with Crippen LogP contribution in [-0.2, 0) is 14.3 Å². The molecule has 30 heavy (non-hydrogen) atoms. The van der Waals surface area contributed by atoms with Crippen molar-refractivity contribution in [1.29, 1.82) is 0 Å². The number of thiazole rings is 1. The van der Waals surface area contributed by atoms with Crippen molar-refractivity contribution < 1.29 is 23.8 Å². The summed E-state index contributed by atoms with van der Waals surface area (Å²) in [6.07, 6.45) is 7.44. The smallest absolute Gasteiger partial charge is 0.315 e. The zero-order valence-corrected chi connectivity index (χ0v) is 18.3. The monoisotopic (exact) mass is 450 g/mol. The lowest BCUT2D eigenvalue weighted by Crippen LogP contribution is -2.32. The standard InChI is InChI=1S/C21H23ClN2O5S/c1-13(24-19(25)10-20(26)27-2)3-7-16-11-23-21(30-16)29-18-8-6-15(9-17(18)22)28-12-14-4-5-14/h3,6-9,11,13-14H,4-5,10,12H2,1-2H3,(H,24,25)/t13-/m0/s1. The lowest BCUT2D eigenvalue weighted by atomic mass is 10.2. The van der Waals surface area contributed by atoms with Gasteiger partial charge >= 0.3 is 5.97 Å². The average Bonchev–Trinajstić information content (AvgIpc) is 3.44. The Balaban J connectivity index is 1.51. The number of amides is 1. The molecule has 0 bridgehead atoms. The third-order valence-electron chi connectivity index (χ3n) is 4.26. The molecule has 1 aromatic heterocycles. The number of nitrogens with zero attached hydrogens (tertiary/aromatic N) is 1. The van der Waals surface area contributed by atoms with Crippen LogP contribution in [0.4, 0.5) is 0 Å². The summed E-state index contributed by atoms with van der Waals surface area (Å²) >= 11 is 7.64. The molecule has 3 rings (SSSR count). The number of carbonyl (C=O) groups is 2. The summed E-state index contributed by atoms with van der Waals surface area (Å²) in [6, 6.07) is 5.08. The highest BCUT2D eigenvalue weighted by Crippen LogP contribution is 2.35. The third-order valence-corrected chi connectivity index (χ3v) is 5.39. The van der Waals surface area contributed by atoms with E-state index in [-0.39, 0.29) is 12.5 Å². The minimum absolute atomic E-state index is 0.258. The minimum Gasteiger partial charge on any atom is -0.493 e. The predicted molar refractivity (Wildman–Crippen MR) is 115 cm³/mol. The zero-order valence-electron chi connectivity index (χ0n) is 16.7. The maximum Gasteiger partial charge on any atom is 0.315 e. The van der Waals surface area contributed by atoms with Crippen LogP contribution in [0, 0.1) is 5.92 Å². The van der Waals surface area contributed by atoms with Crippen molar-refractivity contribution >= 4 is 40.9 Å². The number of methoxy groups -OCH3 is 1. The van der Waals surface area contributed by atoms with Crippen molar-refractivity contribution in [2.24, 2.45) is 5.92 Å². The summed E-state index contributed by atoms with van der Waals surface area (Å²) in [5, 5.41) is 3.60. The number of benzene rings is 1. The molecule has 1 aliphatic carbocycles. The van der Waals surface area contributed by atoms with Gasteiger partial charge in [-0.25, -0.2) is 4.98 Å². The van der Waals surface area contributed by atoms with E-state index < -0.39 is 11.9 Å². The maximum absolute atomic E-state index is 11.7. The summed E-state index contributed by atoms with van der Waals surface area (Å²) in [6.45, 7) is 2.52. The first kappa shape index (κ1) is 22.1. The van der Waals surface area contributed by atoms with Gasteiger partial charge in [0, 0.05) is 18.3 Å². The summed E-state index contributed by atoms with van der Waals surface area (Å²) in [4.78, 5) is 27.9. The van der Waals surface area contributed by atoms with E-state index >= 15 is 0 Å². The summed E-state index contributed by atoms with van der Waals surface area (Å²) in [5.41, 5.74) is 0. The van der Waals surface area contributed by atoms with Gasteiger partial charge < -0.3 is 19.5 Å². The second-order valence-corrected chi connectivity index (χ2v) is 8.38. The van der Waals surface area contributed by atoms with Gasteiger partial charge in [0.05, 0.1) is 23.6 Å². The molecule has 1 aliphatic rings. The van der Waals surface area contributed by atoms with Crippen molar-refractivity contribution in [2.45, 2.75) is 32.2 Å². The van der Waals surface area contributed by atoms with Crippen molar-refractivity contribution in [3.8, 4) is 16.7 Å². The molecule has 1 N–H and O–H groups in total. The number of rotatable bonds is 10. The fourth-order valence-corrected chi connectivity index (χ4v) is 3.34. The molecule has 1 aromatic carbocycles. The van der Waals surface area contributed by atoms with Crippen molar-refractivity contribution in [3.05, 3.63) is 40.4 Å². The van der Waals surface area contributed by atoms with Crippen molar-refractivity contribution in [2.75, 3.05) is 13.7 Å². The van der Waals surface area contributed by atoms with E-state index in [1.165, 1.54) is 31.3 Å². The Kier molecular flexibility index (Phi) is 7.70. The molecule has 9 heteroatoms. The molecule has 0 saturated heterocycles. The van der Waals surface area contributed by atoms with E-state index in [4.69, 9.17) is 21.1 Å². The molecular weight excluding hydrogens is 428 g/mol. The van der Waals surface area contributed by atoms with Gasteiger partial charge in [-0.15, -0.1) is 0 Å². The summed E-state index contributed by atoms with van der Waals surface area (Å²) < 4.78 is 16.0. The summed E-state index contributed by atoms with van der Waals surface area (Å²) in [7, 11) is 1.24. The molecule has 160 valence electrons. The van der Waals surface area contributed by atoms with Crippen LogP contribution in [0.25, 0.3) is 6.08 Å². The molecule has 1 amide bonds. The first-order valence-electron chi connectivity index (χ1n) is 9.53. The highest BCUT2D eigenvalue weighted by Gasteiger charge is 2.22. The topological polar surface area (TPSA) is 86.8 Å². The minimum atomic E-state index is -0.575. The van der Waals surface area contributed by atoms with Crippen LogP contribution in [-0.4, -0.2) is 36.6 Å². The zero-order chi connectivity index (χ0) is 21.5. The first-order chi connectivity index (χ1) is 14.4. The van der Waals surface area contributed by atoms with E-state index in [9.17, 15) is 9.59 Å². The van der Waals surface area contributed by atoms with E-state index in [0.29, 0.717) is 21.9 Å². The fourth-order valence-electron chi connectivity index (χ4n) is 2.44. The average molecular weight is 451 g/mol. The Morgan fingerprint density at radius 3 is 2.90 bits per heavy atom. The molecule has 0 aliphatic heterocycles. The van der Waals surface area contributed by atoms with Crippen LogP contribution < -0.4 is 14.8 Å². The van der Waals surface area contributed by atoms with Gasteiger partial charge in [0.1, 0.15) is 17.9 Å². The molecule has 1 atom stereocenters. The number of nitrogens with one attached hydrogen (secondary N) is 1. The molecule has 0 spiro atoms. The highest BCUT2D eigenvalue weighted by molar-refractivity contribution is 7.14. The highest BCUT2D eigenvalue weighted by atomic mass is 35.5. The third kappa shape index (κ3) is 7.03. The van der Waals surface area contributed by atoms with Gasteiger partial charge in [-0.1, -0.05) is 29.0 Å². The number of halogens is 1. The Bertz CT molecular complexity index is 926. The molecule has 0 radical (unpaired) electrons. The first-order valence-corrected chi connectivity index (χ1v) is 10.7. The van der Waals surface area contributed by atoms with E-state index in [2.05, 4.69) is 15.0 Å². The maximum atomic E-state index is 11.7. The number of esters is 1. The quantitative estimate of drug-likeness (QED) is 0.425. The largest absolute Gasteiger partial charge is 0.493 e. The molecule has 1 heterocycles. The van der Waals surface area contributed by atoms with E-state index in [1.54, 1.807) is 31.3 Å². The van der Waals surface area contributed by atoms with Gasteiger partial charge in [0.15, 0.2) is 0 Å². The number of ether oxygens (including phenoxy) is 3. The van der Waals surface area contributed by atoms with Crippen molar-refractivity contribution in [3.63, 3.8) is 0 Å². The van der Waals surface area contributed by atoms with Crippen LogP contribution in [0.5, 0.6) is 16.7 Å². The molecule has 7 nitrogen and oxygen atoms in total. The molecular formula is C21H23ClN2O5S. The Labute approximate surface area is 184 Å². The van der Waals surface area contributed by atoms with E-state index in [0.717, 1.165) is 17.2 Å². The number of hydrogen-bond acceptors (Lipinski definition) is 7. The fraction of sp³-hybridized carbons (Fsp3) is 0.381. The van der Waals surface area contributed by atoms with Crippen LogP contribution in [0.15, 0.2) is 30.5 Å². The lowest BCUT2D eigenvalue weighted by molar-refractivity contribution is -0.143. The number of hydrogen-bond donors (Lipinski definition) is 1. The predicted octanol–water partition coefficient (Wildman–Crippen LogP) is 4.46. The van der Waals surface area contributed by atoms with Crippen LogP contribution in [0.3, 0.4) is 0 Å². The summed E-state index contributed by atoms with van der Waals surface area (Å²) in [5.74, 6) is 0.931. The van der Waals surface area contributed by atoms with Gasteiger partial charge in [-0.2, -0.15) is 0 Å². The Morgan fingerprint density at radius 2 is 2.20 bits per heavy atom. The molecule has 1 fully saturated rings. The Hall–Kier alpha value is -2.58. The molecule has 2 aromatic rings. The second-order valence-electron chi connectivity index (χ2n) is 6.95. The molecule has 1 saturated carbocycles. The Morgan fingerprint density at radius 1 is 1.40 bits per heavy atom. The lowest BCUT2D eigenvalue weighted by Gasteiger charge is -2.08. The van der Waals surface area contributed by atoms with Gasteiger partial charge in [0.25, 0.3) is 5.19 Å². The van der Waals surface area contributed by atoms with Gasteiger partial charge in [-0.05, 0) is 43.9 Å². The number of aromatic nitrogens is 1. The van der Waals surface area contributed by atoms with Gasteiger partial charge in [0.2, 0.25) is 5.91 Å². The van der Waals surface area contributed by atoms with Crippen LogP contribution >= 0.6 is 22.9 Å². The normalized spacial score (nSPS) is 14.4.